The van der Waals surface area contributed by atoms with Gasteiger partial charge in [-0.2, -0.15) is 0 Å². The van der Waals surface area contributed by atoms with Crippen LogP contribution in [0.5, 0.6) is 0 Å². The Morgan fingerprint density at radius 1 is 1.00 bits per heavy atom. The molecule has 0 bridgehead atoms. The van der Waals surface area contributed by atoms with Gasteiger partial charge in [-0.15, -0.1) is 0 Å². The van der Waals surface area contributed by atoms with E-state index in [9.17, 15) is 4.79 Å². The van der Waals surface area contributed by atoms with E-state index in [4.69, 9.17) is 23.2 Å². The van der Waals surface area contributed by atoms with Crippen LogP contribution < -0.4 is 10.6 Å². The Morgan fingerprint density at radius 3 is 2.40 bits per heavy atom. The first kappa shape index (κ1) is 17.7. The van der Waals surface area contributed by atoms with Gasteiger partial charge in [-0.25, -0.2) is 0 Å². The topological polar surface area (TPSA) is 45.7 Å². The second-order valence-electron chi connectivity index (χ2n) is 5.94. The van der Waals surface area contributed by atoms with E-state index in [0.717, 1.165) is 0 Å². The quantitative estimate of drug-likeness (QED) is 0.683. The van der Waals surface area contributed by atoms with E-state index in [1.54, 1.807) is 18.2 Å². The number of quaternary nitrogens is 1. The Morgan fingerprint density at radius 2 is 1.64 bits per heavy atom. The smallest absolute Gasteiger partial charge is 0.279 e. The normalized spacial score (nSPS) is 12.1. The van der Waals surface area contributed by atoms with Crippen LogP contribution in [0.4, 0.5) is 5.69 Å². The van der Waals surface area contributed by atoms with E-state index in [1.165, 1.54) is 16.3 Å². The third kappa shape index (κ3) is 4.13. The van der Waals surface area contributed by atoms with E-state index in [2.05, 4.69) is 36.5 Å². The number of benzene rings is 3. The summed E-state index contributed by atoms with van der Waals surface area (Å²) in [6.07, 6.45) is 0. The molecular weight excluding hydrogens is 355 g/mol. The lowest BCUT2D eigenvalue weighted by atomic mass is 10.00. The van der Waals surface area contributed by atoms with Crippen LogP contribution in [-0.2, 0) is 4.79 Å². The molecule has 0 unspecified atom stereocenters. The van der Waals surface area contributed by atoms with E-state index < -0.39 is 0 Å². The molecule has 3 aromatic carbocycles. The maximum absolute atomic E-state index is 12.3. The minimum Gasteiger partial charge on any atom is -0.332 e. The molecule has 3 nitrogen and oxygen atoms in total. The van der Waals surface area contributed by atoms with E-state index in [-0.39, 0.29) is 18.5 Å². The first-order chi connectivity index (χ1) is 12.1. The molecule has 0 aliphatic carbocycles. The number of carbonyl (C=O) groups is 1. The number of nitrogens with one attached hydrogen (secondary N) is 1. The highest BCUT2D eigenvalue weighted by Crippen LogP contribution is 2.29. The molecule has 0 aliphatic rings. The lowest BCUT2D eigenvalue weighted by Crippen LogP contribution is -2.86. The highest BCUT2D eigenvalue weighted by Gasteiger charge is 2.15. The van der Waals surface area contributed by atoms with Crippen molar-refractivity contribution in [2.24, 2.45) is 0 Å². The van der Waals surface area contributed by atoms with Crippen molar-refractivity contribution in [1.82, 2.24) is 0 Å². The maximum atomic E-state index is 12.3. The van der Waals surface area contributed by atoms with Gasteiger partial charge in [-0.1, -0.05) is 71.7 Å². The molecule has 0 fully saturated rings. The zero-order valence-electron chi connectivity index (χ0n) is 13.8. The lowest BCUT2D eigenvalue weighted by molar-refractivity contribution is -0.682. The number of anilines is 1. The molecule has 0 saturated carbocycles. The monoisotopic (exact) mass is 373 g/mol. The Labute approximate surface area is 156 Å². The number of halogens is 2. The Bertz CT molecular complexity index is 886. The minimum atomic E-state index is -0.137. The molecule has 5 heteroatoms. The summed E-state index contributed by atoms with van der Waals surface area (Å²) in [4.78, 5) is 12.3. The Balaban J connectivity index is 1.67. The van der Waals surface area contributed by atoms with Gasteiger partial charge >= 0.3 is 0 Å². The summed E-state index contributed by atoms with van der Waals surface area (Å²) in [5.74, 6) is -0.137. The van der Waals surface area contributed by atoms with Gasteiger partial charge in [0.25, 0.3) is 5.91 Å². The van der Waals surface area contributed by atoms with Gasteiger partial charge < -0.3 is 10.6 Å². The SMILES string of the molecule is C[C@H]([NH2+]CC(=O)Nc1c(Cl)cccc1Cl)c1cccc2ccccc12. The maximum Gasteiger partial charge on any atom is 0.279 e. The summed E-state index contributed by atoms with van der Waals surface area (Å²) in [7, 11) is 0. The van der Waals surface area contributed by atoms with Crippen molar-refractivity contribution < 1.29 is 10.1 Å². The number of hydrogen-bond acceptors (Lipinski definition) is 1. The molecule has 0 saturated heterocycles. The summed E-state index contributed by atoms with van der Waals surface area (Å²) < 4.78 is 0. The number of hydrogen-bond donors (Lipinski definition) is 2. The fourth-order valence-electron chi connectivity index (χ4n) is 2.87. The molecule has 3 aromatic rings. The molecule has 1 atom stereocenters. The third-order valence-electron chi connectivity index (χ3n) is 4.20. The van der Waals surface area contributed by atoms with Crippen molar-refractivity contribution in [3.8, 4) is 0 Å². The predicted octanol–water partition coefficient (Wildman–Crippen LogP) is 4.41. The Hall–Kier alpha value is -2.07. The summed E-state index contributed by atoms with van der Waals surface area (Å²) in [6.45, 7) is 2.38. The van der Waals surface area contributed by atoms with Gasteiger partial charge in [0.05, 0.1) is 15.7 Å². The largest absolute Gasteiger partial charge is 0.332 e. The van der Waals surface area contributed by atoms with Crippen molar-refractivity contribution in [1.29, 1.82) is 0 Å². The second kappa shape index (κ2) is 7.87. The number of nitrogens with two attached hydrogens (primary N) is 1. The fourth-order valence-corrected chi connectivity index (χ4v) is 3.36. The summed E-state index contributed by atoms with van der Waals surface area (Å²) in [5.41, 5.74) is 1.67. The number of rotatable bonds is 5. The van der Waals surface area contributed by atoms with Crippen LogP contribution in [0.3, 0.4) is 0 Å². The van der Waals surface area contributed by atoms with Crippen LogP contribution in [0.25, 0.3) is 10.8 Å². The molecular formula is C20H19Cl2N2O+. The number of fused-ring (bicyclic) bond motifs is 1. The molecule has 0 heterocycles. The van der Waals surface area contributed by atoms with Gasteiger partial charge in [0, 0.05) is 5.56 Å². The first-order valence-electron chi connectivity index (χ1n) is 8.11. The van der Waals surface area contributed by atoms with Gasteiger partial charge in [-0.3, -0.25) is 4.79 Å². The van der Waals surface area contributed by atoms with Crippen molar-refractivity contribution >= 4 is 45.6 Å². The number of para-hydroxylation sites is 1. The molecule has 0 spiro atoms. The van der Waals surface area contributed by atoms with Crippen molar-refractivity contribution in [2.75, 3.05) is 11.9 Å². The molecule has 3 rings (SSSR count). The zero-order valence-corrected chi connectivity index (χ0v) is 15.3. The fraction of sp³-hybridized carbons (Fsp3) is 0.150. The van der Waals surface area contributed by atoms with Crippen molar-refractivity contribution in [3.63, 3.8) is 0 Å². The van der Waals surface area contributed by atoms with Gasteiger partial charge in [-0.05, 0) is 29.8 Å². The van der Waals surface area contributed by atoms with Crippen LogP contribution in [0.15, 0.2) is 60.7 Å². The molecule has 128 valence electrons. The van der Waals surface area contributed by atoms with Crippen LogP contribution in [0.2, 0.25) is 10.0 Å². The van der Waals surface area contributed by atoms with Crippen molar-refractivity contribution in [3.05, 3.63) is 76.3 Å². The third-order valence-corrected chi connectivity index (χ3v) is 4.83. The predicted molar refractivity (Wildman–Crippen MR) is 104 cm³/mol. The van der Waals surface area contributed by atoms with Gasteiger partial charge in [0.1, 0.15) is 6.04 Å². The average Bonchev–Trinajstić information content (AvgIpc) is 2.62. The van der Waals surface area contributed by atoms with Gasteiger partial charge in [0.2, 0.25) is 0 Å². The standard InChI is InChI=1S/C20H18Cl2N2O/c1-13(15-9-4-7-14-6-2-3-8-16(14)15)23-12-19(25)24-20-17(21)10-5-11-18(20)22/h2-11,13,23H,12H2,1H3,(H,24,25)/p+1/t13-/m0/s1. The minimum absolute atomic E-state index is 0.137. The molecule has 3 N–H and O–H groups in total. The number of amides is 1. The average molecular weight is 374 g/mol. The van der Waals surface area contributed by atoms with Crippen molar-refractivity contribution in [2.45, 2.75) is 13.0 Å². The molecule has 25 heavy (non-hydrogen) atoms. The first-order valence-corrected chi connectivity index (χ1v) is 8.86. The van der Waals surface area contributed by atoms with Gasteiger partial charge in [0.15, 0.2) is 6.54 Å². The van der Waals surface area contributed by atoms with E-state index >= 15 is 0 Å². The van der Waals surface area contributed by atoms with E-state index in [1.807, 2.05) is 23.5 Å². The molecule has 0 aliphatic heterocycles. The summed E-state index contributed by atoms with van der Waals surface area (Å²) in [6, 6.07) is 19.8. The number of carbonyl (C=O) groups excluding carboxylic acids is 1. The van der Waals surface area contributed by atoms with E-state index in [0.29, 0.717) is 15.7 Å². The highest BCUT2D eigenvalue weighted by atomic mass is 35.5. The van der Waals surface area contributed by atoms with Crippen LogP contribution in [-0.4, -0.2) is 12.5 Å². The molecule has 0 radical (unpaired) electrons. The highest BCUT2D eigenvalue weighted by molar-refractivity contribution is 6.39. The summed E-state index contributed by atoms with van der Waals surface area (Å²) in [5, 5.41) is 8.07. The Kier molecular flexibility index (Phi) is 5.59. The zero-order chi connectivity index (χ0) is 17.8. The molecule has 1 amide bonds. The second-order valence-corrected chi connectivity index (χ2v) is 6.76. The summed E-state index contributed by atoms with van der Waals surface area (Å²) >= 11 is 12.2. The van der Waals surface area contributed by atoms with Crippen LogP contribution in [0, 0.1) is 0 Å². The van der Waals surface area contributed by atoms with Crippen LogP contribution >= 0.6 is 23.2 Å². The van der Waals surface area contributed by atoms with Crippen LogP contribution in [0.1, 0.15) is 18.5 Å². The molecule has 0 aromatic heterocycles. The lowest BCUT2D eigenvalue weighted by Gasteiger charge is -2.14.